The lowest BCUT2D eigenvalue weighted by atomic mass is 10.1. The predicted octanol–water partition coefficient (Wildman–Crippen LogP) is 4.01. The molecule has 2 aromatic rings. The Labute approximate surface area is 167 Å². The Balaban J connectivity index is 2.18. The molecular formula is C20H20FN3O3S. The summed E-state index contributed by atoms with van der Waals surface area (Å²) in [6.07, 6.45) is 0. The first kappa shape index (κ1) is 21.4. The summed E-state index contributed by atoms with van der Waals surface area (Å²) in [5.41, 5.74) is 1.64. The zero-order valence-electron chi connectivity index (χ0n) is 16.0. The second kappa shape index (κ2) is 9.33. The number of amides is 1. The molecule has 6 nitrogen and oxygen atoms in total. The van der Waals surface area contributed by atoms with Crippen molar-refractivity contribution in [2.24, 2.45) is 0 Å². The number of esters is 1. The third-order valence-electron chi connectivity index (χ3n) is 3.89. The molecule has 0 aliphatic carbocycles. The number of anilines is 1. The maximum absolute atomic E-state index is 13.6. The molecule has 0 aliphatic heterocycles. The van der Waals surface area contributed by atoms with Gasteiger partial charge in [0.25, 0.3) is 0 Å². The quantitative estimate of drug-likeness (QED) is 0.581. The molecule has 146 valence electrons. The van der Waals surface area contributed by atoms with Gasteiger partial charge in [0.1, 0.15) is 16.9 Å². The number of halogens is 1. The highest BCUT2D eigenvalue weighted by Crippen LogP contribution is 2.28. The first-order valence-electron chi connectivity index (χ1n) is 8.59. The van der Waals surface area contributed by atoms with Gasteiger partial charge in [-0.25, -0.2) is 14.2 Å². The summed E-state index contributed by atoms with van der Waals surface area (Å²) in [6, 6.07) is 7.86. The van der Waals surface area contributed by atoms with E-state index >= 15 is 0 Å². The first-order chi connectivity index (χ1) is 13.3. The fraction of sp³-hybridized carbons (Fsp3) is 0.300. The Hall–Kier alpha value is -2.92. The van der Waals surface area contributed by atoms with Gasteiger partial charge < -0.3 is 10.1 Å². The number of aromatic nitrogens is 1. The Morgan fingerprint density at radius 2 is 2.07 bits per heavy atom. The smallest absolute Gasteiger partial charge is 0.340 e. The first-order valence-corrected chi connectivity index (χ1v) is 9.47. The minimum Gasteiger partial charge on any atom is -0.462 e. The van der Waals surface area contributed by atoms with Gasteiger partial charge in [0.15, 0.2) is 0 Å². The summed E-state index contributed by atoms with van der Waals surface area (Å²) in [5, 5.41) is 11.8. The molecule has 1 aromatic carbocycles. The molecule has 0 fully saturated rings. The summed E-state index contributed by atoms with van der Waals surface area (Å²) in [4.78, 5) is 28.7. The maximum atomic E-state index is 13.6. The molecule has 0 spiro atoms. The number of rotatable bonds is 6. The molecule has 28 heavy (non-hydrogen) atoms. The molecule has 0 bridgehead atoms. The number of carbonyl (C=O) groups is 2. The minimum absolute atomic E-state index is 0.180. The van der Waals surface area contributed by atoms with E-state index in [0.717, 1.165) is 11.8 Å². The summed E-state index contributed by atoms with van der Waals surface area (Å²) in [6.45, 7) is 6.83. The molecule has 0 saturated carbocycles. The normalized spacial score (nSPS) is 11.4. The molecule has 0 saturated heterocycles. The standard InChI is InChI=1S/C20H20FN3O3S/c1-5-27-20(26)16-8-14(10-22)19(23-12(16)3)28-13(4)18(25)24-15-7-6-11(2)17(21)9-15/h6-9,13H,5H2,1-4H3,(H,24,25)/t13-/m1/s1. The van der Waals surface area contributed by atoms with E-state index < -0.39 is 17.0 Å². The largest absolute Gasteiger partial charge is 0.462 e. The lowest BCUT2D eigenvalue weighted by Crippen LogP contribution is -2.23. The van der Waals surface area contributed by atoms with E-state index in [9.17, 15) is 19.2 Å². The van der Waals surface area contributed by atoms with Gasteiger partial charge in [-0.1, -0.05) is 17.8 Å². The summed E-state index contributed by atoms with van der Waals surface area (Å²) in [7, 11) is 0. The van der Waals surface area contributed by atoms with Crippen LogP contribution in [0.4, 0.5) is 10.1 Å². The van der Waals surface area contributed by atoms with Gasteiger partial charge in [0, 0.05) is 5.69 Å². The van der Waals surface area contributed by atoms with Crippen molar-refractivity contribution in [3.8, 4) is 6.07 Å². The Morgan fingerprint density at radius 1 is 1.36 bits per heavy atom. The molecule has 1 atom stereocenters. The van der Waals surface area contributed by atoms with Crippen LogP contribution in [0.25, 0.3) is 0 Å². The van der Waals surface area contributed by atoms with E-state index in [0.29, 0.717) is 22.0 Å². The highest BCUT2D eigenvalue weighted by molar-refractivity contribution is 8.00. The molecule has 1 N–H and O–H groups in total. The number of nitriles is 1. The molecule has 0 aliphatic rings. The van der Waals surface area contributed by atoms with Crippen LogP contribution in [0, 0.1) is 31.0 Å². The van der Waals surface area contributed by atoms with Gasteiger partial charge in [0.2, 0.25) is 5.91 Å². The molecule has 8 heteroatoms. The molecule has 0 unspecified atom stereocenters. The topological polar surface area (TPSA) is 92.1 Å². The minimum atomic E-state index is -0.600. The zero-order chi connectivity index (χ0) is 20.8. The number of hydrogen-bond acceptors (Lipinski definition) is 6. The van der Waals surface area contributed by atoms with Crippen molar-refractivity contribution in [1.29, 1.82) is 5.26 Å². The van der Waals surface area contributed by atoms with Gasteiger partial charge >= 0.3 is 5.97 Å². The van der Waals surface area contributed by atoms with Crippen molar-refractivity contribution < 1.29 is 18.7 Å². The Bertz CT molecular complexity index is 956. The van der Waals surface area contributed by atoms with Crippen molar-refractivity contribution in [3.63, 3.8) is 0 Å². The van der Waals surface area contributed by atoms with Crippen LogP contribution in [0.15, 0.2) is 29.3 Å². The average Bonchev–Trinajstić information content (AvgIpc) is 2.65. The SMILES string of the molecule is CCOC(=O)c1cc(C#N)c(S[C@H](C)C(=O)Nc2ccc(C)c(F)c2)nc1C. The van der Waals surface area contributed by atoms with E-state index in [1.165, 1.54) is 12.1 Å². The Kier molecular flexibility index (Phi) is 7.12. The number of aryl methyl sites for hydroxylation is 2. The van der Waals surface area contributed by atoms with E-state index in [1.807, 2.05) is 6.07 Å². The number of ether oxygens (including phenoxy) is 1. The number of benzene rings is 1. The van der Waals surface area contributed by atoms with Gasteiger partial charge in [-0.15, -0.1) is 0 Å². The number of thioether (sulfide) groups is 1. The van der Waals surface area contributed by atoms with E-state index in [-0.39, 0.29) is 23.6 Å². The summed E-state index contributed by atoms with van der Waals surface area (Å²) in [5.74, 6) is -1.31. The predicted molar refractivity (Wildman–Crippen MR) is 105 cm³/mol. The number of pyridine rings is 1. The van der Waals surface area contributed by atoms with Gasteiger partial charge in [-0.05, 0) is 51.5 Å². The molecule has 1 aromatic heterocycles. The van der Waals surface area contributed by atoms with Crippen molar-refractivity contribution >= 4 is 29.3 Å². The van der Waals surface area contributed by atoms with Gasteiger partial charge in [0.05, 0.1) is 28.7 Å². The van der Waals surface area contributed by atoms with Gasteiger partial charge in [-0.2, -0.15) is 5.26 Å². The number of hydrogen-bond donors (Lipinski definition) is 1. The lowest BCUT2D eigenvalue weighted by molar-refractivity contribution is -0.115. The molecule has 2 rings (SSSR count). The lowest BCUT2D eigenvalue weighted by Gasteiger charge is -2.14. The molecule has 1 heterocycles. The van der Waals surface area contributed by atoms with Crippen LogP contribution in [-0.4, -0.2) is 28.7 Å². The van der Waals surface area contributed by atoms with E-state index in [1.54, 1.807) is 39.8 Å². The van der Waals surface area contributed by atoms with Crippen LogP contribution in [0.1, 0.15) is 41.0 Å². The number of nitrogens with one attached hydrogen (secondary N) is 1. The van der Waals surface area contributed by atoms with Crippen molar-refractivity contribution in [3.05, 3.63) is 52.5 Å². The third-order valence-corrected chi connectivity index (χ3v) is 4.99. The van der Waals surface area contributed by atoms with Crippen LogP contribution in [-0.2, 0) is 9.53 Å². The van der Waals surface area contributed by atoms with E-state index in [2.05, 4.69) is 10.3 Å². The highest BCUT2D eigenvalue weighted by Gasteiger charge is 2.21. The van der Waals surface area contributed by atoms with Crippen LogP contribution in [0.2, 0.25) is 0 Å². The second-order valence-corrected chi connectivity index (χ2v) is 7.35. The fourth-order valence-electron chi connectivity index (χ4n) is 2.30. The van der Waals surface area contributed by atoms with Crippen LogP contribution in [0.3, 0.4) is 0 Å². The molecule has 1 amide bonds. The highest BCUT2D eigenvalue weighted by atomic mass is 32.2. The maximum Gasteiger partial charge on any atom is 0.340 e. The fourth-order valence-corrected chi connectivity index (χ4v) is 3.23. The average molecular weight is 401 g/mol. The van der Waals surface area contributed by atoms with Crippen molar-refractivity contribution in [2.75, 3.05) is 11.9 Å². The second-order valence-electron chi connectivity index (χ2n) is 6.02. The van der Waals surface area contributed by atoms with Gasteiger partial charge in [-0.3, -0.25) is 4.79 Å². The van der Waals surface area contributed by atoms with Crippen molar-refractivity contribution in [1.82, 2.24) is 4.98 Å². The molecular weight excluding hydrogens is 381 g/mol. The zero-order valence-corrected chi connectivity index (χ0v) is 16.8. The number of carbonyl (C=O) groups excluding carboxylic acids is 2. The summed E-state index contributed by atoms with van der Waals surface area (Å²) < 4.78 is 18.6. The molecule has 0 radical (unpaired) electrons. The van der Waals surface area contributed by atoms with E-state index in [4.69, 9.17) is 4.74 Å². The van der Waals surface area contributed by atoms with Crippen LogP contribution >= 0.6 is 11.8 Å². The van der Waals surface area contributed by atoms with Crippen LogP contribution < -0.4 is 5.32 Å². The third kappa shape index (κ3) is 5.08. The Morgan fingerprint density at radius 3 is 2.68 bits per heavy atom. The van der Waals surface area contributed by atoms with Crippen LogP contribution in [0.5, 0.6) is 0 Å². The van der Waals surface area contributed by atoms with Crippen molar-refractivity contribution in [2.45, 2.75) is 38.0 Å². The summed E-state index contributed by atoms with van der Waals surface area (Å²) >= 11 is 1.09. The number of nitrogens with zero attached hydrogens (tertiary/aromatic N) is 2. The monoisotopic (exact) mass is 401 g/mol.